The first kappa shape index (κ1) is 37.6. The molecule has 0 unspecified atom stereocenters. The van der Waals surface area contributed by atoms with Crippen molar-refractivity contribution in [3.8, 4) is 0 Å². The Bertz CT molecular complexity index is 919. The van der Waals surface area contributed by atoms with E-state index in [2.05, 4.69) is 0 Å². The van der Waals surface area contributed by atoms with Crippen molar-refractivity contribution >= 4 is 10.1 Å². The SMILES string of the molecule is O=S(=O)([O-])C(F)(F)C(F)(F)C(F)(F)C(F)(F)C(F)(F)C(F)(F)C(F)(F)C(F)(F)C(F)(F)C(F)(F)F.[Na+]. The minimum absolute atomic E-state index is 0. The molecule has 0 aromatic rings. The van der Waals surface area contributed by atoms with Gasteiger partial charge in [0.1, 0.15) is 0 Å². The maximum atomic E-state index is 13.3. The number of halogens is 21. The van der Waals surface area contributed by atoms with Gasteiger partial charge in [-0.2, -0.15) is 92.2 Å². The van der Waals surface area contributed by atoms with Gasteiger partial charge in [-0.3, -0.25) is 0 Å². The number of hydrogen-bond acceptors (Lipinski definition) is 3. The molecule has 0 amide bonds. The maximum Gasteiger partial charge on any atom is 1.00 e. The molecule has 0 saturated heterocycles. The number of hydrogen-bond donors (Lipinski definition) is 0. The minimum Gasteiger partial charge on any atom is -0.743 e. The second kappa shape index (κ2) is 8.99. The van der Waals surface area contributed by atoms with Crippen LogP contribution in [-0.4, -0.2) is 71.8 Å². The summed E-state index contributed by atoms with van der Waals surface area (Å²) in [5.74, 6) is -72.8. The minimum atomic E-state index is -9.40. The van der Waals surface area contributed by atoms with Crippen LogP contribution >= 0.6 is 0 Å². The first-order chi connectivity index (χ1) is 14.5. The average Bonchev–Trinajstić information content (AvgIpc) is 2.58. The molecule has 0 aliphatic heterocycles. The van der Waals surface area contributed by atoms with Crippen LogP contribution in [0.5, 0.6) is 0 Å². The van der Waals surface area contributed by atoms with E-state index >= 15 is 0 Å². The molecule has 0 aliphatic carbocycles. The Balaban J connectivity index is 0. The molecule has 0 saturated carbocycles. The molecular formula is C10F21NaO3S. The molecule has 36 heavy (non-hydrogen) atoms. The van der Waals surface area contributed by atoms with Crippen LogP contribution in [0.2, 0.25) is 0 Å². The summed E-state index contributed by atoms with van der Waals surface area (Å²) in [7, 11) is -8.34. The Morgan fingerprint density at radius 2 is 0.528 bits per heavy atom. The third-order valence-electron chi connectivity index (χ3n) is 3.80. The van der Waals surface area contributed by atoms with E-state index in [1.54, 1.807) is 0 Å². The Morgan fingerprint density at radius 3 is 0.694 bits per heavy atom. The molecule has 0 heterocycles. The van der Waals surface area contributed by atoms with Gasteiger partial charge in [0.25, 0.3) is 0 Å². The Morgan fingerprint density at radius 1 is 0.361 bits per heavy atom. The Labute approximate surface area is 204 Å². The van der Waals surface area contributed by atoms with Crippen molar-refractivity contribution in [3.63, 3.8) is 0 Å². The van der Waals surface area contributed by atoms with Gasteiger partial charge in [0.15, 0.2) is 10.1 Å². The van der Waals surface area contributed by atoms with Crippen molar-refractivity contribution < 1.29 is 135 Å². The third-order valence-corrected chi connectivity index (χ3v) is 4.68. The molecule has 0 bridgehead atoms. The fourth-order valence-electron chi connectivity index (χ4n) is 1.70. The second-order valence-electron chi connectivity index (χ2n) is 6.06. The van der Waals surface area contributed by atoms with Crippen molar-refractivity contribution in [3.05, 3.63) is 0 Å². The van der Waals surface area contributed by atoms with E-state index in [9.17, 15) is 105 Å². The van der Waals surface area contributed by atoms with Crippen molar-refractivity contribution in [1.82, 2.24) is 0 Å². The molecule has 0 aromatic carbocycles. The average molecular weight is 622 g/mol. The van der Waals surface area contributed by atoms with Gasteiger partial charge in [0.05, 0.1) is 0 Å². The summed E-state index contributed by atoms with van der Waals surface area (Å²) in [5, 5.41) is -8.17. The van der Waals surface area contributed by atoms with Crippen LogP contribution in [0.25, 0.3) is 0 Å². The van der Waals surface area contributed by atoms with Crippen molar-refractivity contribution in [1.29, 1.82) is 0 Å². The summed E-state index contributed by atoms with van der Waals surface area (Å²) in [6.45, 7) is 0. The largest absolute Gasteiger partial charge is 1.00 e. The topological polar surface area (TPSA) is 57.2 Å². The number of rotatable bonds is 9. The second-order valence-corrected chi connectivity index (χ2v) is 7.48. The molecule has 0 aromatic heterocycles. The molecule has 212 valence electrons. The molecule has 0 N–H and O–H groups in total. The predicted octanol–water partition coefficient (Wildman–Crippen LogP) is 2.77. The predicted molar refractivity (Wildman–Crippen MR) is 60.3 cm³/mol. The van der Waals surface area contributed by atoms with Crippen LogP contribution in [0.4, 0.5) is 92.2 Å². The van der Waals surface area contributed by atoms with Gasteiger partial charge in [0, 0.05) is 0 Å². The van der Waals surface area contributed by atoms with E-state index in [0.29, 0.717) is 0 Å². The fourth-order valence-corrected chi connectivity index (χ4v) is 2.14. The van der Waals surface area contributed by atoms with Gasteiger partial charge in [-0.1, -0.05) is 0 Å². The Hall–Kier alpha value is -0.560. The Kier molecular flexibility index (Phi) is 9.39. The molecular weight excluding hydrogens is 622 g/mol. The van der Waals surface area contributed by atoms with Crippen molar-refractivity contribution in [2.24, 2.45) is 0 Å². The molecule has 0 rings (SSSR count). The van der Waals surface area contributed by atoms with E-state index in [0.717, 1.165) is 0 Å². The van der Waals surface area contributed by atoms with Crippen LogP contribution in [-0.2, 0) is 10.1 Å². The first-order valence-electron chi connectivity index (χ1n) is 6.92. The molecule has 3 nitrogen and oxygen atoms in total. The van der Waals surface area contributed by atoms with Crippen LogP contribution in [0.15, 0.2) is 0 Å². The zero-order valence-corrected chi connectivity index (χ0v) is 18.4. The van der Waals surface area contributed by atoms with Gasteiger partial charge < -0.3 is 4.55 Å². The van der Waals surface area contributed by atoms with E-state index < -0.39 is 68.9 Å². The fraction of sp³-hybridized carbons (Fsp3) is 1.00. The van der Waals surface area contributed by atoms with Crippen LogP contribution in [0, 0.1) is 0 Å². The normalized spacial score (nSPS) is 16.6. The molecule has 26 heteroatoms. The van der Waals surface area contributed by atoms with Crippen LogP contribution < -0.4 is 29.6 Å². The van der Waals surface area contributed by atoms with Gasteiger partial charge in [-0.25, -0.2) is 8.42 Å². The standard InChI is InChI=1S/C10HF21O3S.Na/c11-1(12,3(15,16)5(19,20)7(23,24)9(27,28)29)2(13,14)4(17,18)6(21,22)8(25,26)10(30,31)35(32,33)34;/h(H,32,33,34);/q;+1/p-1. The quantitative estimate of drug-likeness (QED) is 0.226. The van der Waals surface area contributed by atoms with E-state index in [1.165, 1.54) is 0 Å². The van der Waals surface area contributed by atoms with Gasteiger partial charge >= 0.3 is 88.4 Å². The summed E-state index contributed by atoms with van der Waals surface area (Å²) in [4.78, 5) is 0. The summed E-state index contributed by atoms with van der Waals surface area (Å²) < 4.78 is 300. The maximum absolute atomic E-state index is 13.3. The molecule has 0 atom stereocenters. The van der Waals surface area contributed by atoms with E-state index in [4.69, 9.17) is 0 Å². The van der Waals surface area contributed by atoms with Crippen LogP contribution in [0.3, 0.4) is 0 Å². The smallest absolute Gasteiger partial charge is 0.743 e. The van der Waals surface area contributed by atoms with Crippen molar-refractivity contribution in [2.75, 3.05) is 0 Å². The van der Waals surface area contributed by atoms with E-state index in [1.807, 2.05) is 0 Å². The summed E-state index contributed by atoms with van der Waals surface area (Å²) in [6, 6.07) is 0. The van der Waals surface area contributed by atoms with E-state index in [-0.39, 0.29) is 29.6 Å². The third kappa shape index (κ3) is 4.40. The summed E-state index contributed by atoms with van der Waals surface area (Å²) >= 11 is 0. The molecule has 0 spiro atoms. The van der Waals surface area contributed by atoms with Crippen molar-refractivity contribution in [2.45, 2.75) is 58.8 Å². The zero-order valence-electron chi connectivity index (χ0n) is 15.6. The zero-order chi connectivity index (χ0) is 29.5. The van der Waals surface area contributed by atoms with Gasteiger partial charge in [-0.05, 0) is 0 Å². The molecule has 0 fully saturated rings. The molecule has 0 aliphatic rings. The van der Waals surface area contributed by atoms with Crippen LogP contribution in [0.1, 0.15) is 0 Å². The van der Waals surface area contributed by atoms with Gasteiger partial charge in [-0.15, -0.1) is 0 Å². The summed E-state index contributed by atoms with van der Waals surface area (Å²) in [5.41, 5.74) is 0. The number of alkyl halides is 21. The van der Waals surface area contributed by atoms with Gasteiger partial charge in [0.2, 0.25) is 0 Å². The summed E-state index contributed by atoms with van der Waals surface area (Å²) in [6.07, 6.45) is -8.09. The monoisotopic (exact) mass is 622 g/mol. The molecule has 0 radical (unpaired) electrons. The first-order valence-corrected chi connectivity index (χ1v) is 8.33.